The highest BCUT2D eigenvalue weighted by molar-refractivity contribution is 5.65. The second kappa shape index (κ2) is 5.74. The number of anilines is 1. The van der Waals surface area contributed by atoms with E-state index in [4.69, 9.17) is 9.72 Å². The fourth-order valence-electron chi connectivity index (χ4n) is 3.23. The van der Waals surface area contributed by atoms with E-state index < -0.39 is 0 Å². The molecule has 116 valence electrons. The van der Waals surface area contributed by atoms with Crippen LogP contribution in [0.25, 0.3) is 11.3 Å². The van der Waals surface area contributed by atoms with E-state index in [9.17, 15) is 0 Å². The van der Waals surface area contributed by atoms with Gasteiger partial charge >= 0.3 is 0 Å². The lowest BCUT2D eigenvalue weighted by atomic mass is 10.1. The zero-order valence-electron chi connectivity index (χ0n) is 13.0. The highest BCUT2D eigenvalue weighted by Crippen LogP contribution is 2.30. The molecule has 0 radical (unpaired) electrons. The predicted molar refractivity (Wildman–Crippen MR) is 87.1 cm³/mol. The summed E-state index contributed by atoms with van der Waals surface area (Å²) in [5.74, 6) is 1.11. The molecule has 1 aromatic carbocycles. The van der Waals surface area contributed by atoms with E-state index in [2.05, 4.69) is 46.0 Å². The van der Waals surface area contributed by atoms with Gasteiger partial charge in [0.1, 0.15) is 0 Å². The SMILES string of the molecule is Cc1ccc(-c2nc(N3CCOCC3)n3c2CNCC3)cc1. The Bertz CT molecular complexity index is 656. The molecule has 1 fully saturated rings. The van der Waals surface area contributed by atoms with Crippen LogP contribution in [0.4, 0.5) is 5.95 Å². The molecule has 1 N–H and O–H groups in total. The van der Waals surface area contributed by atoms with E-state index in [-0.39, 0.29) is 0 Å². The summed E-state index contributed by atoms with van der Waals surface area (Å²) >= 11 is 0. The average molecular weight is 298 g/mol. The van der Waals surface area contributed by atoms with Crippen LogP contribution in [-0.2, 0) is 17.8 Å². The summed E-state index contributed by atoms with van der Waals surface area (Å²) in [6.07, 6.45) is 0. The zero-order chi connectivity index (χ0) is 14.9. The highest BCUT2D eigenvalue weighted by Gasteiger charge is 2.25. The summed E-state index contributed by atoms with van der Waals surface area (Å²) in [5.41, 5.74) is 4.91. The number of benzene rings is 1. The number of fused-ring (bicyclic) bond motifs is 1. The lowest BCUT2D eigenvalue weighted by Gasteiger charge is -2.29. The van der Waals surface area contributed by atoms with Gasteiger partial charge in [-0.2, -0.15) is 0 Å². The van der Waals surface area contributed by atoms with Crippen LogP contribution in [0.2, 0.25) is 0 Å². The Morgan fingerprint density at radius 2 is 1.86 bits per heavy atom. The Hall–Kier alpha value is -1.85. The monoisotopic (exact) mass is 298 g/mol. The third kappa shape index (κ3) is 2.40. The molecule has 0 spiro atoms. The summed E-state index contributed by atoms with van der Waals surface area (Å²) in [6.45, 7) is 8.44. The molecule has 1 aromatic heterocycles. The summed E-state index contributed by atoms with van der Waals surface area (Å²) in [6, 6.07) is 8.67. The van der Waals surface area contributed by atoms with Gasteiger partial charge in [0.05, 0.1) is 24.6 Å². The fourth-order valence-corrected chi connectivity index (χ4v) is 3.23. The molecule has 2 aliphatic heterocycles. The Balaban J connectivity index is 1.78. The highest BCUT2D eigenvalue weighted by atomic mass is 16.5. The Labute approximate surface area is 130 Å². The van der Waals surface area contributed by atoms with Gasteiger partial charge in [-0.15, -0.1) is 0 Å². The van der Waals surface area contributed by atoms with E-state index in [0.717, 1.165) is 57.6 Å². The Morgan fingerprint density at radius 3 is 2.64 bits per heavy atom. The minimum Gasteiger partial charge on any atom is -0.378 e. The number of nitrogens with zero attached hydrogens (tertiary/aromatic N) is 3. The van der Waals surface area contributed by atoms with Crippen molar-refractivity contribution in [3.05, 3.63) is 35.5 Å². The van der Waals surface area contributed by atoms with E-state index in [1.54, 1.807) is 0 Å². The Morgan fingerprint density at radius 1 is 1.09 bits per heavy atom. The van der Waals surface area contributed by atoms with Gasteiger partial charge in [0.2, 0.25) is 5.95 Å². The molecular weight excluding hydrogens is 276 g/mol. The minimum atomic E-state index is 0.792. The molecule has 0 unspecified atom stereocenters. The van der Waals surface area contributed by atoms with Crippen LogP contribution in [-0.4, -0.2) is 42.4 Å². The first-order valence-corrected chi connectivity index (χ1v) is 8.03. The summed E-state index contributed by atoms with van der Waals surface area (Å²) < 4.78 is 7.86. The van der Waals surface area contributed by atoms with Gasteiger partial charge in [-0.1, -0.05) is 29.8 Å². The molecule has 2 aliphatic rings. The van der Waals surface area contributed by atoms with Gasteiger partial charge in [0, 0.05) is 38.3 Å². The van der Waals surface area contributed by atoms with Crippen molar-refractivity contribution >= 4 is 5.95 Å². The summed E-state index contributed by atoms with van der Waals surface area (Å²) in [7, 11) is 0. The maximum absolute atomic E-state index is 5.48. The van der Waals surface area contributed by atoms with Crippen molar-refractivity contribution in [1.29, 1.82) is 0 Å². The lowest BCUT2D eigenvalue weighted by molar-refractivity contribution is 0.121. The van der Waals surface area contributed by atoms with Crippen molar-refractivity contribution in [3.8, 4) is 11.3 Å². The summed E-state index contributed by atoms with van der Waals surface area (Å²) in [5, 5.41) is 3.47. The van der Waals surface area contributed by atoms with Crippen LogP contribution in [0.3, 0.4) is 0 Å². The third-order valence-corrected chi connectivity index (χ3v) is 4.48. The second-order valence-electron chi connectivity index (χ2n) is 6.00. The third-order valence-electron chi connectivity index (χ3n) is 4.48. The smallest absolute Gasteiger partial charge is 0.206 e. The van der Waals surface area contributed by atoms with E-state index in [1.807, 2.05) is 0 Å². The second-order valence-corrected chi connectivity index (χ2v) is 6.00. The largest absolute Gasteiger partial charge is 0.378 e. The van der Waals surface area contributed by atoms with Crippen LogP contribution in [0.15, 0.2) is 24.3 Å². The number of hydrogen-bond acceptors (Lipinski definition) is 4. The van der Waals surface area contributed by atoms with Crippen molar-refractivity contribution in [2.45, 2.75) is 20.0 Å². The molecule has 5 heteroatoms. The standard InChI is InChI=1S/C17H22N4O/c1-13-2-4-14(5-3-13)16-15-12-18-6-7-21(15)17(19-16)20-8-10-22-11-9-20/h2-5,18H,6-12H2,1H3. The number of hydrogen-bond donors (Lipinski definition) is 1. The van der Waals surface area contributed by atoms with Gasteiger partial charge in [-0.05, 0) is 6.92 Å². The number of aromatic nitrogens is 2. The topological polar surface area (TPSA) is 42.3 Å². The molecule has 1 saturated heterocycles. The van der Waals surface area contributed by atoms with Crippen molar-refractivity contribution in [2.24, 2.45) is 0 Å². The molecule has 0 amide bonds. The van der Waals surface area contributed by atoms with Gasteiger partial charge in [0.25, 0.3) is 0 Å². The van der Waals surface area contributed by atoms with E-state index in [1.165, 1.54) is 16.8 Å². The molecule has 0 atom stereocenters. The molecular formula is C17H22N4O. The first kappa shape index (κ1) is 13.8. The molecule has 2 aromatic rings. The van der Waals surface area contributed by atoms with Crippen molar-refractivity contribution in [2.75, 3.05) is 37.7 Å². The van der Waals surface area contributed by atoms with Gasteiger partial charge in [-0.3, -0.25) is 0 Å². The van der Waals surface area contributed by atoms with Crippen LogP contribution in [0.5, 0.6) is 0 Å². The van der Waals surface area contributed by atoms with Gasteiger partial charge < -0.3 is 19.5 Å². The maximum atomic E-state index is 5.48. The van der Waals surface area contributed by atoms with E-state index >= 15 is 0 Å². The van der Waals surface area contributed by atoms with Crippen molar-refractivity contribution in [1.82, 2.24) is 14.9 Å². The van der Waals surface area contributed by atoms with E-state index in [0.29, 0.717) is 0 Å². The maximum Gasteiger partial charge on any atom is 0.206 e. The molecule has 0 bridgehead atoms. The number of morpholine rings is 1. The minimum absolute atomic E-state index is 0.792. The van der Waals surface area contributed by atoms with Crippen molar-refractivity contribution < 1.29 is 4.74 Å². The number of imidazole rings is 1. The lowest BCUT2D eigenvalue weighted by Crippen LogP contribution is -2.39. The van der Waals surface area contributed by atoms with Gasteiger partial charge in [-0.25, -0.2) is 4.98 Å². The average Bonchev–Trinajstić information content (AvgIpc) is 2.96. The number of nitrogens with one attached hydrogen (secondary N) is 1. The fraction of sp³-hybridized carbons (Fsp3) is 0.471. The quantitative estimate of drug-likeness (QED) is 0.918. The molecule has 0 aliphatic carbocycles. The molecule has 22 heavy (non-hydrogen) atoms. The van der Waals surface area contributed by atoms with Crippen LogP contribution in [0.1, 0.15) is 11.3 Å². The van der Waals surface area contributed by atoms with Crippen LogP contribution >= 0.6 is 0 Å². The molecule has 4 rings (SSSR count). The number of ether oxygens (including phenoxy) is 1. The Kier molecular flexibility index (Phi) is 3.60. The molecule has 3 heterocycles. The van der Waals surface area contributed by atoms with Crippen LogP contribution in [0, 0.1) is 6.92 Å². The first-order valence-electron chi connectivity index (χ1n) is 8.03. The van der Waals surface area contributed by atoms with Crippen LogP contribution < -0.4 is 10.2 Å². The summed E-state index contributed by atoms with van der Waals surface area (Å²) in [4.78, 5) is 7.37. The number of rotatable bonds is 2. The number of aryl methyl sites for hydroxylation is 1. The van der Waals surface area contributed by atoms with Crippen molar-refractivity contribution in [3.63, 3.8) is 0 Å². The molecule has 5 nitrogen and oxygen atoms in total. The predicted octanol–water partition coefficient (Wildman–Crippen LogP) is 1.80. The zero-order valence-corrected chi connectivity index (χ0v) is 13.0. The first-order chi connectivity index (χ1) is 10.8. The molecule has 0 saturated carbocycles. The van der Waals surface area contributed by atoms with Gasteiger partial charge in [0.15, 0.2) is 0 Å². The normalized spacial score (nSPS) is 18.3.